The van der Waals surface area contributed by atoms with E-state index in [0.717, 1.165) is 19.2 Å². The minimum Gasteiger partial charge on any atom is -0.285 e. The average Bonchev–Trinajstić information content (AvgIpc) is 2.46. The fraction of sp³-hybridized carbons (Fsp3) is 0.533. The Labute approximate surface area is 140 Å². The molecule has 0 aromatic heterocycles. The molecule has 3 nitrogen and oxygen atoms in total. The van der Waals surface area contributed by atoms with Crippen molar-refractivity contribution in [2.75, 3.05) is 7.05 Å². The summed E-state index contributed by atoms with van der Waals surface area (Å²) in [6, 6.07) is 6.22. The molecule has 25 heavy (non-hydrogen) atoms. The second kappa shape index (κ2) is 6.30. The highest BCUT2D eigenvalue weighted by Crippen LogP contribution is 2.50. The number of hydrogen-bond acceptors (Lipinski definition) is 3. The molecule has 1 fully saturated rings. The van der Waals surface area contributed by atoms with Crippen LogP contribution in [0.15, 0.2) is 35.3 Å². The van der Waals surface area contributed by atoms with Gasteiger partial charge in [0.1, 0.15) is 5.71 Å². The molecule has 0 N–H and O–H groups in total. The molecule has 0 heterocycles. The van der Waals surface area contributed by atoms with Crippen LogP contribution in [0.2, 0.25) is 0 Å². The van der Waals surface area contributed by atoms with Crippen molar-refractivity contribution < 1.29 is 34.8 Å². The predicted molar refractivity (Wildman–Crippen MR) is 80.3 cm³/mol. The lowest BCUT2D eigenvalue weighted by molar-refractivity contribution is -0.140. The average molecular weight is 387 g/mol. The SMILES string of the molecule is C/N=C(/c1ccccc1)C(F)(F)S(=O)(=O)C1C(F)(F)CCCC1(F)F. The van der Waals surface area contributed by atoms with Crippen molar-refractivity contribution in [1.29, 1.82) is 0 Å². The lowest BCUT2D eigenvalue weighted by Crippen LogP contribution is -2.60. The summed E-state index contributed by atoms with van der Waals surface area (Å²) in [7, 11) is -5.46. The Morgan fingerprint density at radius 3 is 2.00 bits per heavy atom. The quantitative estimate of drug-likeness (QED) is 0.581. The highest BCUT2D eigenvalue weighted by Gasteiger charge is 2.70. The van der Waals surface area contributed by atoms with E-state index in [9.17, 15) is 34.8 Å². The van der Waals surface area contributed by atoms with E-state index in [4.69, 9.17) is 0 Å². The Hall–Kier alpha value is -1.58. The van der Waals surface area contributed by atoms with E-state index in [-0.39, 0.29) is 5.56 Å². The first-order chi connectivity index (χ1) is 11.4. The molecule has 1 aliphatic carbocycles. The number of hydrogen-bond donors (Lipinski definition) is 0. The zero-order valence-electron chi connectivity index (χ0n) is 13.0. The van der Waals surface area contributed by atoms with Gasteiger partial charge < -0.3 is 0 Å². The van der Waals surface area contributed by atoms with Crippen LogP contribution in [0.25, 0.3) is 0 Å². The summed E-state index contributed by atoms with van der Waals surface area (Å²) < 4.78 is 109. The van der Waals surface area contributed by atoms with E-state index >= 15 is 0 Å². The van der Waals surface area contributed by atoms with E-state index in [0.29, 0.717) is 0 Å². The van der Waals surface area contributed by atoms with Crippen LogP contribution in [0, 0.1) is 0 Å². The number of halogens is 6. The van der Waals surface area contributed by atoms with Gasteiger partial charge in [0.15, 0.2) is 5.25 Å². The van der Waals surface area contributed by atoms with Crippen molar-refractivity contribution in [3.05, 3.63) is 35.9 Å². The number of alkyl halides is 6. The number of sulfone groups is 1. The summed E-state index contributed by atoms with van der Waals surface area (Å²) in [4.78, 5) is 3.18. The molecule has 1 aromatic rings. The molecule has 0 saturated heterocycles. The summed E-state index contributed by atoms with van der Waals surface area (Å²) in [5.74, 6) is -8.95. The Bertz CT molecular complexity index is 745. The molecule has 1 aliphatic rings. The van der Waals surface area contributed by atoms with Gasteiger partial charge in [-0.05, 0) is 6.42 Å². The maximum atomic E-state index is 14.6. The molecule has 0 amide bonds. The molecular weight excluding hydrogens is 372 g/mol. The van der Waals surface area contributed by atoms with Crippen molar-refractivity contribution in [3.8, 4) is 0 Å². The van der Waals surface area contributed by atoms with Crippen LogP contribution >= 0.6 is 0 Å². The molecule has 140 valence electrons. The number of nitrogens with zero attached hydrogens (tertiary/aromatic N) is 1. The summed E-state index contributed by atoms with van der Waals surface area (Å²) in [6.45, 7) is 0. The lowest BCUT2D eigenvalue weighted by Gasteiger charge is -2.38. The maximum absolute atomic E-state index is 14.6. The van der Waals surface area contributed by atoms with E-state index in [1.54, 1.807) is 0 Å². The van der Waals surface area contributed by atoms with Gasteiger partial charge in [0.2, 0.25) is 9.84 Å². The van der Waals surface area contributed by atoms with E-state index in [2.05, 4.69) is 4.99 Å². The fourth-order valence-corrected chi connectivity index (χ4v) is 4.81. The molecule has 1 saturated carbocycles. The first-order valence-electron chi connectivity index (χ1n) is 7.27. The minimum atomic E-state index is -6.30. The van der Waals surface area contributed by atoms with Gasteiger partial charge in [-0.2, -0.15) is 8.78 Å². The first-order valence-corrected chi connectivity index (χ1v) is 8.82. The first kappa shape index (κ1) is 19.7. The highest BCUT2D eigenvalue weighted by atomic mass is 32.2. The van der Waals surface area contributed by atoms with E-state index in [1.807, 2.05) is 0 Å². The Morgan fingerprint density at radius 2 is 1.56 bits per heavy atom. The Balaban J connectivity index is 2.60. The van der Waals surface area contributed by atoms with Crippen molar-refractivity contribution >= 4 is 15.5 Å². The fourth-order valence-electron chi connectivity index (χ4n) is 2.89. The second-order valence-electron chi connectivity index (χ2n) is 5.76. The molecule has 0 unspecified atom stereocenters. The summed E-state index contributed by atoms with van der Waals surface area (Å²) in [5, 5.41) is -8.81. The van der Waals surface area contributed by atoms with Crippen molar-refractivity contribution in [1.82, 2.24) is 0 Å². The summed E-state index contributed by atoms with van der Waals surface area (Å²) in [5.41, 5.74) is -1.72. The lowest BCUT2D eigenvalue weighted by atomic mass is 9.93. The molecule has 10 heteroatoms. The predicted octanol–water partition coefficient (Wildman–Crippen LogP) is 3.94. The third-order valence-corrected chi connectivity index (χ3v) is 6.22. The van der Waals surface area contributed by atoms with Gasteiger partial charge in [0.25, 0.3) is 11.8 Å². The van der Waals surface area contributed by atoms with Crippen molar-refractivity contribution in [2.24, 2.45) is 4.99 Å². The zero-order chi connectivity index (χ0) is 19.1. The van der Waals surface area contributed by atoms with Crippen LogP contribution in [-0.4, -0.2) is 43.5 Å². The van der Waals surface area contributed by atoms with Crippen LogP contribution in [0.4, 0.5) is 26.3 Å². The molecule has 0 bridgehead atoms. The highest BCUT2D eigenvalue weighted by molar-refractivity contribution is 7.94. The molecular formula is C15H15F6NO2S. The normalized spacial score (nSPS) is 22.0. The van der Waals surface area contributed by atoms with Crippen LogP contribution in [-0.2, 0) is 9.84 Å². The second-order valence-corrected chi connectivity index (χ2v) is 7.83. The topological polar surface area (TPSA) is 46.5 Å². The van der Waals surface area contributed by atoms with E-state index in [1.165, 1.54) is 18.2 Å². The maximum Gasteiger partial charge on any atom is 0.387 e. The van der Waals surface area contributed by atoms with Gasteiger partial charge in [0, 0.05) is 25.5 Å². The molecule has 0 spiro atoms. The van der Waals surface area contributed by atoms with Gasteiger partial charge in [-0.3, -0.25) is 4.99 Å². The molecule has 2 rings (SSSR count). The monoisotopic (exact) mass is 387 g/mol. The Morgan fingerprint density at radius 1 is 1.08 bits per heavy atom. The molecule has 0 atom stereocenters. The van der Waals surface area contributed by atoms with Crippen LogP contribution in [0.3, 0.4) is 0 Å². The molecule has 0 aliphatic heterocycles. The number of rotatable bonds is 4. The zero-order valence-corrected chi connectivity index (χ0v) is 13.8. The standard InChI is InChI=1S/C15H15F6NO2S/c1-22-11(10-6-3-2-4-7-10)15(20,21)25(23,24)12-13(16,17)8-5-9-14(12,18)19/h2-4,6-7,12H,5,8-9H2,1H3/b22-11-. The third kappa shape index (κ3) is 3.28. The number of aliphatic imine (C=N–C) groups is 1. The molecule has 1 aromatic carbocycles. The van der Waals surface area contributed by atoms with Crippen molar-refractivity contribution in [3.63, 3.8) is 0 Å². The third-order valence-electron chi connectivity index (χ3n) is 4.00. The van der Waals surface area contributed by atoms with Gasteiger partial charge in [-0.15, -0.1) is 0 Å². The van der Waals surface area contributed by atoms with Crippen molar-refractivity contribution in [2.45, 2.75) is 41.6 Å². The van der Waals surface area contributed by atoms with Crippen LogP contribution in [0.5, 0.6) is 0 Å². The smallest absolute Gasteiger partial charge is 0.285 e. The summed E-state index contributed by atoms with van der Waals surface area (Å²) in [6.07, 6.45) is -3.07. The number of benzene rings is 1. The van der Waals surface area contributed by atoms with Gasteiger partial charge in [-0.1, -0.05) is 30.3 Å². The van der Waals surface area contributed by atoms with Gasteiger partial charge in [-0.25, -0.2) is 26.0 Å². The summed E-state index contributed by atoms with van der Waals surface area (Å²) >= 11 is 0. The Kier molecular flexibility index (Phi) is 4.97. The minimum absolute atomic E-state index is 0.360. The molecule has 0 radical (unpaired) electrons. The van der Waals surface area contributed by atoms with E-state index < -0.39 is 57.2 Å². The largest absolute Gasteiger partial charge is 0.387 e. The van der Waals surface area contributed by atoms with Crippen LogP contribution in [0.1, 0.15) is 24.8 Å². The van der Waals surface area contributed by atoms with Gasteiger partial charge in [0.05, 0.1) is 0 Å². The van der Waals surface area contributed by atoms with Gasteiger partial charge >= 0.3 is 5.25 Å². The van der Waals surface area contributed by atoms with Crippen LogP contribution < -0.4 is 0 Å².